The van der Waals surface area contributed by atoms with Crippen LogP contribution in [0.1, 0.15) is 68.0 Å². The average Bonchev–Trinajstić information content (AvgIpc) is 1.46. The second-order valence-electron chi connectivity index (χ2n) is 36.1. The molecule has 128 heavy (non-hydrogen) atoms. The van der Waals surface area contributed by atoms with Crippen LogP contribution in [0, 0.1) is 12.8 Å². The standard InChI is InChI=1S/C124H90N2O2/c1-77-32-25-59-114-117(77)122-91(48-31-61-116(122)128-114)84-66-70-108(78(2)72-84)126(111-57-23-17-42-95(111)97-49-27-38-82-37-26-46-89(118(82)97)79-33-9-7-10-34-79)112-71-65-83(74-102(112)85-64-69-93-92-40-13-19-52-104(92)124(5,6)107(93)76-85)87-73-86-39-28-50-98(119(86)103(75-87)80-35-11-8-12-36-80)94-41-15-21-55-109(94)125(88-67-62-81(63-68-88)90-47-30-60-115-121(90)101-45-18-24-58-113(101)127-115)110-56-22-16-43-96(110)99-51-29-54-106-120(99)100-44-14-20-53-105(100)123(106,3)4/h7-76,78,108H,1-6H3. The van der Waals surface area contributed by atoms with Crippen LogP contribution in [0.25, 0.3) is 182 Å². The third-order valence-electron chi connectivity index (χ3n) is 28.1. The molecule has 2 aromatic heterocycles. The molecule has 3 aliphatic rings. The molecule has 2 atom stereocenters. The Hall–Kier alpha value is -15.6. The fourth-order valence-electron chi connectivity index (χ4n) is 22.1. The summed E-state index contributed by atoms with van der Waals surface area (Å²) >= 11 is 0. The second kappa shape index (κ2) is 30.1. The van der Waals surface area contributed by atoms with Gasteiger partial charge in [-0.25, -0.2) is 0 Å². The average molecular weight is 1640 g/mol. The van der Waals surface area contributed by atoms with Crippen LogP contribution in [0.4, 0.5) is 28.4 Å². The largest absolute Gasteiger partial charge is 0.456 e. The molecule has 0 amide bonds. The van der Waals surface area contributed by atoms with E-state index in [2.05, 4.69) is 470 Å². The van der Waals surface area contributed by atoms with Crippen LogP contribution in [0.2, 0.25) is 0 Å². The molecule has 3 aliphatic carbocycles. The molecule has 0 bridgehead atoms. The second-order valence-corrected chi connectivity index (χ2v) is 36.1. The van der Waals surface area contributed by atoms with Crippen molar-refractivity contribution in [3.63, 3.8) is 0 Å². The zero-order valence-corrected chi connectivity index (χ0v) is 72.3. The number of benzene rings is 19. The highest BCUT2D eigenvalue weighted by Crippen LogP contribution is 2.58. The maximum atomic E-state index is 6.66. The number of hydrogen-bond donors (Lipinski definition) is 0. The van der Waals surface area contributed by atoms with Crippen LogP contribution < -0.4 is 9.80 Å². The van der Waals surface area contributed by atoms with E-state index in [1.54, 1.807) is 0 Å². The van der Waals surface area contributed by atoms with Gasteiger partial charge in [-0.3, -0.25) is 0 Å². The Bertz CT molecular complexity index is 8170. The third kappa shape index (κ3) is 12.2. The van der Waals surface area contributed by atoms with Crippen molar-refractivity contribution in [1.29, 1.82) is 0 Å². The van der Waals surface area contributed by atoms with Gasteiger partial charge in [0.25, 0.3) is 0 Å². The van der Waals surface area contributed by atoms with E-state index in [1.165, 1.54) is 99.6 Å². The van der Waals surface area contributed by atoms with Crippen molar-refractivity contribution < 1.29 is 8.83 Å². The molecule has 4 heteroatoms. The predicted octanol–water partition coefficient (Wildman–Crippen LogP) is 34.3. The minimum Gasteiger partial charge on any atom is -0.456 e. The third-order valence-corrected chi connectivity index (χ3v) is 28.1. The van der Waals surface area contributed by atoms with E-state index in [1.807, 2.05) is 6.07 Å². The number of fused-ring (bicyclic) bond motifs is 14. The lowest BCUT2D eigenvalue weighted by Crippen LogP contribution is -2.36. The van der Waals surface area contributed by atoms with Crippen molar-refractivity contribution in [2.75, 3.05) is 9.80 Å². The highest BCUT2D eigenvalue weighted by Gasteiger charge is 2.40. The molecular formula is C124H90N2O2. The maximum absolute atomic E-state index is 6.66. The van der Waals surface area contributed by atoms with Gasteiger partial charge in [-0.15, -0.1) is 0 Å². The van der Waals surface area contributed by atoms with Crippen LogP contribution in [0.5, 0.6) is 0 Å². The van der Waals surface area contributed by atoms with E-state index in [0.717, 1.165) is 144 Å². The van der Waals surface area contributed by atoms with Gasteiger partial charge in [-0.05, 0) is 247 Å². The van der Waals surface area contributed by atoms with Gasteiger partial charge in [-0.1, -0.05) is 374 Å². The van der Waals surface area contributed by atoms with E-state index in [4.69, 9.17) is 8.83 Å². The normalized spacial score (nSPS) is 14.6. The Balaban J connectivity index is 0.712. The number of hydrogen-bond acceptors (Lipinski definition) is 4. The smallest absolute Gasteiger partial charge is 0.136 e. The maximum Gasteiger partial charge on any atom is 0.136 e. The van der Waals surface area contributed by atoms with Gasteiger partial charge in [-0.2, -0.15) is 0 Å². The molecule has 0 spiro atoms. The summed E-state index contributed by atoms with van der Waals surface area (Å²) in [7, 11) is 0. The van der Waals surface area contributed by atoms with Gasteiger partial charge in [0.15, 0.2) is 0 Å². The molecule has 2 heterocycles. The van der Waals surface area contributed by atoms with E-state index in [-0.39, 0.29) is 22.8 Å². The highest BCUT2D eigenvalue weighted by atomic mass is 16.3. The van der Waals surface area contributed by atoms with Crippen LogP contribution in [-0.4, -0.2) is 6.04 Å². The minimum atomic E-state index is -0.274. The fraction of sp³-hybridized carbons (Fsp3) is 0.0806. The molecule has 0 fully saturated rings. The number of allylic oxidation sites excluding steroid dienone is 2. The zero-order valence-electron chi connectivity index (χ0n) is 72.3. The SMILES string of the molecule is Cc1cccc2oc3cccc(C4=CC(C)C(N(c5ccc(-c6cc(-c7ccccc7)c7c(-c8ccccc8N(c8ccc(-c9cccc%10oc%11ccccc%11c9%10)cc8)c8ccccc8-c8cccc9c8-c8ccccc8C9(C)C)cccc7c6)cc5-c5ccc6c(c5)C(C)(C)c5ccccc5-6)c5ccccc5-c5cccc6cccc(-c7ccccc7)c56)C=C4)c3c12. The number of para-hydroxylation sites is 4. The van der Waals surface area contributed by atoms with Crippen LogP contribution in [0.15, 0.2) is 434 Å². The first-order chi connectivity index (χ1) is 62.9. The lowest BCUT2D eigenvalue weighted by atomic mass is 9.81. The topological polar surface area (TPSA) is 32.8 Å². The number of rotatable bonds is 15. The molecular weight excluding hydrogens is 1550 g/mol. The summed E-state index contributed by atoms with van der Waals surface area (Å²) in [6.07, 6.45) is 7.40. The summed E-state index contributed by atoms with van der Waals surface area (Å²) in [5.74, 6) is -0.00721. The van der Waals surface area contributed by atoms with Crippen molar-refractivity contribution in [3.8, 4) is 111 Å². The van der Waals surface area contributed by atoms with Crippen LogP contribution in [-0.2, 0) is 10.8 Å². The first kappa shape index (κ1) is 76.1. The van der Waals surface area contributed by atoms with E-state index in [0.29, 0.717) is 0 Å². The Morgan fingerprint density at radius 1 is 0.266 bits per heavy atom. The Labute approximate surface area is 746 Å². The molecule has 24 rings (SSSR count). The molecule has 21 aromatic rings. The van der Waals surface area contributed by atoms with Crippen molar-refractivity contribution in [2.24, 2.45) is 5.92 Å². The van der Waals surface area contributed by atoms with Gasteiger partial charge in [0.2, 0.25) is 0 Å². The van der Waals surface area contributed by atoms with Gasteiger partial charge in [0.1, 0.15) is 22.3 Å². The first-order valence-electron chi connectivity index (χ1n) is 44.9. The minimum absolute atomic E-state index is 0.00721. The predicted molar refractivity (Wildman–Crippen MR) is 539 cm³/mol. The summed E-state index contributed by atoms with van der Waals surface area (Å²) in [6, 6.07) is 152. The summed E-state index contributed by atoms with van der Waals surface area (Å²) < 4.78 is 13.2. The fourth-order valence-corrected chi connectivity index (χ4v) is 22.1. The van der Waals surface area contributed by atoms with Gasteiger partial charge >= 0.3 is 0 Å². The molecule has 0 saturated heterocycles. The lowest BCUT2D eigenvalue weighted by Gasteiger charge is -2.39. The monoisotopic (exact) mass is 1640 g/mol. The molecule has 19 aromatic carbocycles. The van der Waals surface area contributed by atoms with Crippen molar-refractivity contribution >= 4 is 99.4 Å². The molecule has 608 valence electrons. The Morgan fingerprint density at radius 3 is 1.43 bits per heavy atom. The number of nitrogens with zero attached hydrogens (tertiary/aromatic N) is 2. The molecule has 4 nitrogen and oxygen atoms in total. The van der Waals surface area contributed by atoms with Crippen molar-refractivity contribution in [3.05, 3.63) is 458 Å². The molecule has 2 unspecified atom stereocenters. The molecule has 0 N–H and O–H groups in total. The molecule has 0 saturated carbocycles. The van der Waals surface area contributed by atoms with E-state index >= 15 is 0 Å². The molecule has 0 radical (unpaired) electrons. The molecule has 0 aliphatic heterocycles. The van der Waals surface area contributed by atoms with Crippen molar-refractivity contribution in [1.82, 2.24) is 0 Å². The summed E-state index contributed by atoms with van der Waals surface area (Å²) in [6.45, 7) is 14.2. The van der Waals surface area contributed by atoms with Gasteiger partial charge < -0.3 is 18.6 Å². The highest BCUT2D eigenvalue weighted by molar-refractivity contribution is 6.16. The summed E-state index contributed by atoms with van der Waals surface area (Å²) in [5.41, 5.74) is 40.8. The van der Waals surface area contributed by atoms with E-state index < -0.39 is 0 Å². The van der Waals surface area contributed by atoms with Crippen LogP contribution >= 0.6 is 0 Å². The zero-order chi connectivity index (χ0) is 85.6. The van der Waals surface area contributed by atoms with Gasteiger partial charge in [0, 0.05) is 71.7 Å². The van der Waals surface area contributed by atoms with Gasteiger partial charge in [0.05, 0.1) is 17.4 Å². The quantitative estimate of drug-likeness (QED) is 0.102. The first-order valence-corrected chi connectivity index (χ1v) is 44.9. The Morgan fingerprint density at radius 2 is 0.719 bits per heavy atom. The van der Waals surface area contributed by atoms with Crippen molar-refractivity contribution in [2.45, 2.75) is 58.4 Å². The lowest BCUT2D eigenvalue weighted by molar-refractivity contribution is 0.612. The van der Waals surface area contributed by atoms with Crippen LogP contribution in [0.3, 0.4) is 0 Å². The number of anilines is 5. The summed E-state index contributed by atoms with van der Waals surface area (Å²) in [5, 5.41) is 9.24. The number of furan rings is 2. The van der Waals surface area contributed by atoms with E-state index in [9.17, 15) is 0 Å². The summed E-state index contributed by atoms with van der Waals surface area (Å²) in [4.78, 5) is 5.22. The Kier molecular flexibility index (Phi) is 17.9. The number of aryl methyl sites for hydroxylation is 1.